The second kappa shape index (κ2) is 10.9. The number of primary sulfonamides is 1. The number of carbonyl (C=O) groups excluding carboxylic acids is 3. The van der Waals surface area contributed by atoms with Crippen molar-refractivity contribution in [3.8, 4) is 0 Å². The van der Waals surface area contributed by atoms with Crippen LogP contribution in [-0.2, 0) is 30.8 Å². The summed E-state index contributed by atoms with van der Waals surface area (Å²) in [5, 5.41) is 5.71. The average molecular weight is 530 g/mol. The number of hydrogen-bond donors (Lipinski definition) is 1. The van der Waals surface area contributed by atoms with E-state index < -0.39 is 27.9 Å². The maximum absolute atomic E-state index is 13.4. The summed E-state index contributed by atoms with van der Waals surface area (Å²) in [5.41, 5.74) is 2.26. The lowest BCUT2D eigenvalue weighted by Crippen LogP contribution is -2.46. The number of halogens is 1. The Morgan fingerprint density at radius 1 is 1.06 bits per heavy atom. The van der Waals surface area contributed by atoms with Crippen LogP contribution in [0.3, 0.4) is 0 Å². The average Bonchev–Trinajstić information content (AvgIpc) is 3.14. The maximum Gasteiger partial charge on any atom is 0.257 e. The number of benzene rings is 2. The molecule has 4 rings (SSSR count). The van der Waals surface area contributed by atoms with Crippen molar-refractivity contribution in [1.82, 2.24) is 4.90 Å². The van der Waals surface area contributed by atoms with Crippen LogP contribution in [0.25, 0.3) is 0 Å². The van der Waals surface area contributed by atoms with E-state index >= 15 is 0 Å². The Balaban J connectivity index is 1.57. The molecule has 1 heterocycles. The molecule has 2 aromatic carbocycles. The molecule has 190 valence electrons. The minimum absolute atomic E-state index is 0.0806. The van der Waals surface area contributed by atoms with Crippen molar-refractivity contribution in [2.75, 3.05) is 11.4 Å². The minimum atomic E-state index is -3.91. The number of allylic oxidation sites excluding steroid dienone is 1. The predicted molar refractivity (Wildman–Crippen MR) is 137 cm³/mol. The number of anilines is 1. The van der Waals surface area contributed by atoms with Gasteiger partial charge in [-0.05, 0) is 74.1 Å². The van der Waals surface area contributed by atoms with Gasteiger partial charge in [-0.1, -0.05) is 35.4 Å². The van der Waals surface area contributed by atoms with Crippen LogP contribution in [0, 0.1) is 0 Å². The second-order valence-electron chi connectivity index (χ2n) is 9.07. The molecule has 2 N–H and O–H groups in total. The van der Waals surface area contributed by atoms with Crippen molar-refractivity contribution in [3.05, 3.63) is 70.8 Å². The molecule has 36 heavy (non-hydrogen) atoms. The summed E-state index contributed by atoms with van der Waals surface area (Å²) < 4.78 is 23.1. The van der Waals surface area contributed by atoms with Crippen molar-refractivity contribution < 1.29 is 22.8 Å². The first-order valence-corrected chi connectivity index (χ1v) is 13.8. The first-order chi connectivity index (χ1) is 17.1. The summed E-state index contributed by atoms with van der Waals surface area (Å²) in [7, 11) is -3.91. The van der Waals surface area contributed by atoms with Crippen LogP contribution in [0.15, 0.2) is 65.1 Å². The van der Waals surface area contributed by atoms with E-state index in [9.17, 15) is 22.8 Å². The molecule has 8 nitrogen and oxygen atoms in total. The normalized spacial score (nSPS) is 18.3. The van der Waals surface area contributed by atoms with Crippen LogP contribution in [0.2, 0.25) is 5.02 Å². The molecule has 1 aliphatic heterocycles. The maximum atomic E-state index is 13.4. The third kappa shape index (κ3) is 6.03. The Hall–Kier alpha value is -3.01. The highest BCUT2D eigenvalue weighted by Crippen LogP contribution is 2.28. The smallest absolute Gasteiger partial charge is 0.257 e. The van der Waals surface area contributed by atoms with Crippen molar-refractivity contribution in [1.29, 1.82) is 0 Å². The van der Waals surface area contributed by atoms with Gasteiger partial charge in [-0.15, -0.1) is 0 Å². The number of amides is 3. The quantitative estimate of drug-likeness (QED) is 0.414. The molecule has 0 aromatic heterocycles. The van der Waals surface area contributed by atoms with E-state index in [1.807, 2.05) is 0 Å². The molecular weight excluding hydrogens is 502 g/mol. The first-order valence-electron chi connectivity index (χ1n) is 11.8. The van der Waals surface area contributed by atoms with E-state index in [1.165, 1.54) is 34.7 Å². The van der Waals surface area contributed by atoms with E-state index in [4.69, 9.17) is 16.7 Å². The molecule has 2 aliphatic rings. The highest BCUT2D eigenvalue weighted by atomic mass is 35.5. The van der Waals surface area contributed by atoms with Gasteiger partial charge in [-0.25, -0.2) is 18.5 Å². The van der Waals surface area contributed by atoms with Crippen LogP contribution < -0.4 is 10.0 Å². The van der Waals surface area contributed by atoms with E-state index in [0.717, 1.165) is 36.1 Å². The fraction of sp³-hybridized carbons (Fsp3) is 0.346. The van der Waals surface area contributed by atoms with Crippen molar-refractivity contribution in [2.45, 2.75) is 55.9 Å². The third-order valence-electron chi connectivity index (χ3n) is 6.57. The minimum Gasteiger partial charge on any atom is -0.329 e. The highest BCUT2D eigenvalue weighted by Gasteiger charge is 2.44. The molecule has 10 heteroatoms. The molecule has 0 radical (unpaired) electrons. The van der Waals surface area contributed by atoms with Crippen molar-refractivity contribution >= 4 is 45.0 Å². The van der Waals surface area contributed by atoms with Gasteiger partial charge in [0.1, 0.15) is 6.04 Å². The number of nitrogens with two attached hydrogens (primary N) is 1. The Kier molecular flexibility index (Phi) is 7.92. The number of hydrogen-bond acceptors (Lipinski definition) is 5. The lowest BCUT2D eigenvalue weighted by Gasteiger charge is -2.29. The molecule has 0 spiro atoms. The van der Waals surface area contributed by atoms with Crippen LogP contribution in [0.5, 0.6) is 0 Å². The molecule has 0 bridgehead atoms. The summed E-state index contributed by atoms with van der Waals surface area (Å²) >= 11 is 5.96. The number of nitrogens with zero attached hydrogens (tertiary/aromatic N) is 2. The van der Waals surface area contributed by atoms with Crippen LogP contribution in [-0.4, -0.2) is 43.6 Å². The molecule has 3 amide bonds. The predicted octanol–water partition coefficient (Wildman–Crippen LogP) is 3.58. The molecule has 1 aliphatic carbocycles. The van der Waals surface area contributed by atoms with Gasteiger partial charge in [0.2, 0.25) is 21.8 Å². The zero-order valence-electron chi connectivity index (χ0n) is 19.7. The van der Waals surface area contributed by atoms with Gasteiger partial charge >= 0.3 is 0 Å². The van der Waals surface area contributed by atoms with Crippen LogP contribution in [0.4, 0.5) is 5.69 Å². The van der Waals surface area contributed by atoms with Crippen LogP contribution >= 0.6 is 11.6 Å². The van der Waals surface area contributed by atoms with Gasteiger partial charge in [-0.3, -0.25) is 14.4 Å². The van der Waals surface area contributed by atoms with E-state index in [1.54, 1.807) is 24.3 Å². The molecule has 1 fully saturated rings. The van der Waals surface area contributed by atoms with E-state index in [0.29, 0.717) is 18.0 Å². The van der Waals surface area contributed by atoms with Crippen LogP contribution in [0.1, 0.15) is 44.1 Å². The Morgan fingerprint density at radius 3 is 2.36 bits per heavy atom. The molecular formula is C26H28ClN3O5S. The van der Waals surface area contributed by atoms with E-state index in [2.05, 4.69) is 6.08 Å². The van der Waals surface area contributed by atoms with Crippen molar-refractivity contribution in [3.63, 3.8) is 0 Å². The third-order valence-corrected chi connectivity index (χ3v) is 7.75. The summed E-state index contributed by atoms with van der Waals surface area (Å²) in [5.74, 6) is -1.20. The van der Waals surface area contributed by atoms with Gasteiger partial charge in [0, 0.05) is 11.6 Å². The van der Waals surface area contributed by atoms with E-state index in [-0.39, 0.29) is 29.3 Å². The second-order valence-corrected chi connectivity index (χ2v) is 11.1. The fourth-order valence-electron chi connectivity index (χ4n) is 4.64. The number of carbonyl (C=O) groups is 3. The molecule has 0 saturated carbocycles. The zero-order valence-corrected chi connectivity index (χ0v) is 21.3. The first kappa shape index (κ1) is 26.1. The summed E-state index contributed by atoms with van der Waals surface area (Å²) in [4.78, 5) is 42.2. The van der Waals surface area contributed by atoms with Gasteiger partial charge in [0.25, 0.3) is 5.91 Å². The number of imide groups is 1. The van der Waals surface area contributed by atoms with Gasteiger partial charge < -0.3 is 4.90 Å². The summed E-state index contributed by atoms with van der Waals surface area (Å²) in [6.07, 6.45) is 7.03. The molecule has 2 aromatic rings. The van der Waals surface area contributed by atoms with Gasteiger partial charge in [0.05, 0.1) is 23.4 Å². The Labute approximate surface area is 215 Å². The SMILES string of the molecule is NS(=O)(=O)c1ccc(N2C(=O)CC(N(CCC3=CCCCC3)C(=O)Cc3ccc(Cl)cc3)C2=O)cc1. The lowest BCUT2D eigenvalue weighted by molar-refractivity contribution is -0.137. The summed E-state index contributed by atoms with van der Waals surface area (Å²) in [6, 6.07) is 11.2. The largest absolute Gasteiger partial charge is 0.329 e. The fourth-order valence-corrected chi connectivity index (χ4v) is 5.29. The monoisotopic (exact) mass is 529 g/mol. The standard InChI is InChI=1S/C26H28ClN3O5S/c27-20-8-6-19(7-9-20)16-24(31)29(15-14-18-4-2-1-3-5-18)23-17-25(32)30(26(23)33)21-10-12-22(13-11-21)36(28,34)35/h4,6-13,23H,1-3,5,14-17H2,(H2,28,34,35). The number of sulfonamides is 1. The van der Waals surface area contributed by atoms with Crippen molar-refractivity contribution in [2.24, 2.45) is 5.14 Å². The number of rotatable bonds is 8. The lowest BCUT2D eigenvalue weighted by atomic mass is 9.96. The summed E-state index contributed by atoms with van der Waals surface area (Å²) in [6.45, 7) is 0.333. The zero-order chi connectivity index (χ0) is 25.9. The highest BCUT2D eigenvalue weighted by molar-refractivity contribution is 7.89. The molecule has 1 unspecified atom stereocenters. The molecule has 1 atom stereocenters. The van der Waals surface area contributed by atoms with Gasteiger partial charge in [-0.2, -0.15) is 0 Å². The topological polar surface area (TPSA) is 118 Å². The Morgan fingerprint density at radius 2 is 1.75 bits per heavy atom. The Bertz CT molecular complexity index is 1290. The van der Waals surface area contributed by atoms with Gasteiger partial charge in [0.15, 0.2) is 0 Å². The molecule has 1 saturated heterocycles.